The summed E-state index contributed by atoms with van der Waals surface area (Å²) in [5, 5.41) is 9.41. The fraction of sp³-hybridized carbons (Fsp3) is 0.167. The molecule has 0 saturated heterocycles. The van der Waals surface area contributed by atoms with E-state index >= 15 is 0 Å². The van der Waals surface area contributed by atoms with Crippen molar-refractivity contribution in [3.63, 3.8) is 0 Å². The summed E-state index contributed by atoms with van der Waals surface area (Å²) in [6.45, 7) is -0.404. The van der Waals surface area contributed by atoms with Crippen LogP contribution >= 0.6 is 11.6 Å². The first kappa shape index (κ1) is 20.2. The summed E-state index contributed by atoms with van der Waals surface area (Å²) in [5.41, 5.74) is 5.80. The van der Waals surface area contributed by atoms with E-state index in [9.17, 15) is 4.79 Å². The summed E-state index contributed by atoms with van der Waals surface area (Å²) in [4.78, 5) is 27.9. The number of rotatable bonds is 8. The molecular weight excluding hydrogens is 402 g/mol. The molecule has 11 heteroatoms. The molecule has 1 amide bonds. The Balaban J connectivity index is 2.20. The molecule has 2 heterocycles. The van der Waals surface area contributed by atoms with Crippen LogP contribution in [0.5, 0.6) is 23.1 Å². The number of methoxy groups -OCH3 is 1. The van der Waals surface area contributed by atoms with Crippen LogP contribution in [0.3, 0.4) is 0 Å². The van der Waals surface area contributed by atoms with Crippen molar-refractivity contribution in [3.8, 4) is 34.5 Å². The molecule has 3 aromatic rings. The van der Waals surface area contributed by atoms with E-state index in [-0.39, 0.29) is 47.1 Å². The van der Waals surface area contributed by atoms with Crippen LogP contribution in [0, 0.1) is 0 Å². The number of hydrogen-bond acceptors (Lipinski definition) is 9. The highest BCUT2D eigenvalue weighted by Crippen LogP contribution is 2.41. The number of benzene rings is 1. The van der Waals surface area contributed by atoms with Crippen LogP contribution in [0.2, 0.25) is 5.02 Å². The molecule has 0 atom stereocenters. The highest BCUT2D eigenvalue weighted by Gasteiger charge is 2.23. The monoisotopic (exact) mass is 417 g/mol. The van der Waals surface area contributed by atoms with Gasteiger partial charge >= 0.3 is 0 Å². The molecule has 0 bridgehead atoms. The first-order chi connectivity index (χ1) is 14.0. The SMILES string of the molecule is COc1ccc(Cl)c(Oc2c(OCCO)nc(C(N)=O)nc2-c2ccncn2)c1. The predicted molar refractivity (Wildman–Crippen MR) is 102 cm³/mol. The largest absolute Gasteiger partial charge is 0.497 e. The first-order valence-corrected chi connectivity index (χ1v) is 8.64. The second kappa shape index (κ2) is 9.13. The summed E-state index contributed by atoms with van der Waals surface area (Å²) in [6, 6.07) is 6.37. The molecule has 3 N–H and O–H groups in total. The third-order valence-corrected chi connectivity index (χ3v) is 3.87. The summed E-state index contributed by atoms with van der Waals surface area (Å²) in [6.07, 6.45) is 2.79. The minimum Gasteiger partial charge on any atom is -0.497 e. The van der Waals surface area contributed by atoms with Gasteiger partial charge in [0.2, 0.25) is 11.6 Å². The normalized spacial score (nSPS) is 10.4. The molecule has 2 aromatic heterocycles. The van der Waals surface area contributed by atoms with E-state index in [0.717, 1.165) is 0 Å². The smallest absolute Gasteiger partial charge is 0.286 e. The van der Waals surface area contributed by atoms with Crippen LogP contribution in [-0.4, -0.2) is 51.3 Å². The second-order valence-electron chi connectivity index (χ2n) is 5.46. The summed E-state index contributed by atoms with van der Waals surface area (Å²) >= 11 is 6.24. The number of aliphatic hydroxyl groups is 1. The molecule has 0 fully saturated rings. The Morgan fingerprint density at radius 3 is 2.76 bits per heavy atom. The van der Waals surface area contributed by atoms with Gasteiger partial charge in [0.25, 0.3) is 11.8 Å². The van der Waals surface area contributed by atoms with Crippen molar-refractivity contribution in [2.75, 3.05) is 20.3 Å². The Labute approximate surface area is 170 Å². The number of halogens is 1. The summed E-state index contributed by atoms with van der Waals surface area (Å²) < 4.78 is 16.6. The van der Waals surface area contributed by atoms with Gasteiger partial charge in [0.15, 0.2) is 0 Å². The number of carbonyl (C=O) groups is 1. The Morgan fingerprint density at radius 2 is 2.10 bits per heavy atom. The van der Waals surface area contributed by atoms with E-state index in [1.54, 1.807) is 24.3 Å². The molecule has 0 aliphatic heterocycles. The third kappa shape index (κ3) is 4.68. The fourth-order valence-electron chi connectivity index (χ4n) is 2.28. The number of hydrogen-bond donors (Lipinski definition) is 2. The average molecular weight is 418 g/mol. The molecule has 0 aliphatic carbocycles. The van der Waals surface area contributed by atoms with Crippen molar-refractivity contribution >= 4 is 17.5 Å². The quantitative estimate of drug-likeness (QED) is 0.561. The molecule has 29 heavy (non-hydrogen) atoms. The fourth-order valence-corrected chi connectivity index (χ4v) is 2.43. The Morgan fingerprint density at radius 1 is 1.28 bits per heavy atom. The molecule has 0 saturated carbocycles. The first-order valence-electron chi connectivity index (χ1n) is 8.26. The zero-order valence-corrected chi connectivity index (χ0v) is 16.0. The van der Waals surface area contributed by atoms with Crippen molar-refractivity contribution in [2.45, 2.75) is 0 Å². The lowest BCUT2D eigenvalue weighted by molar-refractivity contribution is 0.0988. The zero-order chi connectivity index (χ0) is 20.8. The van der Waals surface area contributed by atoms with Crippen LogP contribution in [-0.2, 0) is 0 Å². The molecule has 1 aromatic carbocycles. The maximum absolute atomic E-state index is 11.7. The second-order valence-corrected chi connectivity index (χ2v) is 5.87. The molecule has 3 rings (SSSR count). The molecular formula is C18H16ClN5O5. The van der Waals surface area contributed by atoms with Crippen LogP contribution < -0.4 is 19.9 Å². The highest BCUT2D eigenvalue weighted by molar-refractivity contribution is 6.32. The summed E-state index contributed by atoms with van der Waals surface area (Å²) in [7, 11) is 1.50. The van der Waals surface area contributed by atoms with Gasteiger partial charge in [-0.15, -0.1) is 0 Å². The van der Waals surface area contributed by atoms with Gasteiger partial charge in [-0.2, -0.15) is 4.98 Å². The molecule has 150 valence electrons. The highest BCUT2D eigenvalue weighted by atomic mass is 35.5. The lowest BCUT2D eigenvalue weighted by Crippen LogP contribution is -2.18. The Hall–Kier alpha value is -3.50. The number of primary amides is 1. The van der Waals surface area contributed by atoms with Gasteiger partial charge in [-0.05, 0) is 18.2 Å². The number of aliphatic hydroxyl groups excluding tert-OH is 1. The Bertz CT molecular complexity index is 1020. The summed E-state index contributed by atoms with van der Waals surface area (Å²) in [5.74, 6) is -0.547. The van der Waals surface area contributed by atoms with Gasteiger partial charge < -0.3 is 25.1 Å². The lowest BCUT2D eigenvalue weighted by atomic mass is 10.2. The maximum Gasteiger partial charge on any atom is 0.286 e. The van der Waals surface area contributed by atoms with Gasteiger partial charge in [-0.25, -0.2) is 15.0 Å². The minimum absolute atomic E-state index is 0.0253. The van der Waals surface area contributed by atoms with E-state index in [2.05, 4.69) is 19.9 Å². The van der Waals surface area contributed by atoms with Crippen LogP contribution in [0.4, 0.5) is 0 Å². The van der Waals surface area contributed by atoms with Gasteiger partial charge in [0.1, 0.15) is 30.1 Å². The van der Waals surface area contributed by atoms with Crippen molar-refractivity contribution in [3.05, 3.63) is 47.6 Å². The number of ether oxygens (including phenoxy) is 3. The topological polar surface area (TPSA) is 143 Å². The molecule has 0 aliphatic rings. The molecule has 0 unspecified atom stereocenters. The van der Waals surface area contributed by atoms with Gasteiger partial charge in [0.05, 0.1) is 24.4 Å². The van der Waals surface area contributed by atoms with Crippen LogP contribution in [0.15, 0.2) is 36.8 Å². The van der Waals surface area contributed by atoms with Crippen molar-refractivity contribution in [2.24, 2.45) is 5.73 Å². The van der Waals surface area contributed by atoms with E-state index in [0.29, 0.717) is 11.4 Å². The van der Waals surface area contributed by atoms with E-state index in [1.165, 1.54) is 19.6 Å². The van der Waals surface area contributed by atoms with E-state index in [1.807, 2.05) is 0 Å². The van der Waals surface area contributed by atoms with Crippen LogP contribution in [0.25, 0.3) is 11.4 Å². The van der Waals surface area contributed by atoms with E-state index in [4.69, 9.17) is 36.7 Å². The van der Waals surface area contributed by atoms with Crippen molar-refractivity contribution in [1.29, 1.82) is 0 Å². The molecule has 10 nitrogen and oxygen atoms in total. The van der Waals surface area contributed by atoms with Crippen LogP contribution in [0.1, 0.15) is 10.6 Å². The van der Waals surface area contributed by atoms with Crippen molar-refractivity contribution in [1.82, 2.24) is 19.9 Å². The number of nitrogens with zero attached hydrogens (tertiary/aromatic N) is 4. The molecule has 0 spiro atoms. The number of amides is 1. The van der Waals surface area contributed by atoms with Crippen molar-refractivity contribution < 1.29 is 24.1 Å². The van der Waals surface area contributed by atoms with Gasteiger partial charge in [0, 0.05) is 12.3 Å². The predicted octanol–water partition coefficient (Wildman–Crippen LogP) is 1.86. The zero-order valence-electron chi connectivity index (χ0n) is 15.2. The maximum atomic E-state index is 11.7. The minimum atomic E-state index is -0.875. The number of carbonyl (C=O) groups excluding carboxylic acids is 1. The van der Waals surface area contributed by atoms with Gasteiger partial charge in [-0.3, -0.25) is 4.79 Å². The number of nitrogens with two attached hydrogens (primary N) is 1. The lowest BCUT2D eigenvalue weighted by Gasteiger charge is -2.16. The third-order valence-electron chi connectivity index (χ3n) is 3.56. The van der Waals surface area contributed by atoms with E-state index < -0.39 is 5.91 Å². The average Bonchev–Trinajstić information content (AvgIpc) is 2.74. The Kier molecular flexibility index (Phi) is 6.37. The number of aromatic nitrogens is 4. The molecule has 0 radical (unpaired) electrons. The standard InChI is InChI=1S/C18H16ClN5O5/c1-27-10-2-3-11(19)13(8-10)29-15-14(12-4-5-21-9-22-12)23-17(16(20)26)24-18(15)28-7-6-25/h2-5,8-9,25H,6-7H2,1H3,(H2,20,26). The van der Waals surface area contributed by atoms with Gasteiger partial charge in [-0.1, -0.05) is 11.6 Å².